The summed E-state index contributed by atoms with van der Waals surface area (Å²) in [5, 5.41) is 10.0. The van der Waals surface area contributed by atoms with Crippen LogP contribution in [-0.2, 0) is 14.4 Å². The van der Waals surface area contributed by atoms with Crippen LogP contribution in [0, 0.1) is 0 Å². The van der Waals surface area contributed by atoms with Crippen molar-refractivity contribution >= 4 is 29.9 Å². The Bertz CT molecular complexity index is 1130. The number of ether oxygens (including phenoxy) is 4. The van der Waals surface area contributed by atoms with Crippen molar-refractivity contribution in [2.45, 2.75) is 13.8 Å². The second-order valence-corrected chi connectivity index (χ2v) is 6.65. The van der Waals surface area contributed by atoms with Gasteiger partial charge in [-0.15, -0.1) is 0 Å². The van der Waals surface area contributed by atoms with E-state index in [9.17, 15) is 19.5 Å². The number of methoxy groups -OCH3 is 2. The van der Waals surface area contributed by atoms with Gasteiger partial charge in [0.05, 0.1) is 14.2 Å². The minimum absolute atomic E-state index is 0.230. The third-order valence-electron chi connectivity index (χ3n) is 4.06. The largest absolute Gasteiger partial charge is 0.508 e. The van der Waals surface area contributed by atoms with Gasteiger partial charge in [-0.25, -0.2) is 0 Å². The van der Waals surface area contributed by atoms with Crippen LogP contribution in [0.1, 0.15) is 25.0 Å². The van der Waals surface area contributed by atoms with Crippen LogP contribution >= 0.6 is 0 Å². The quantitative estimate of drug-likeness (QED) is 0.197. The van der Waals surface area contributed by atoms with Gasteiger partial charge in [0.25, 0.3) is 0 Å². The highest BCUT2D eigenvalue weighted by Crippen LogP contribution is 2.29. The molecule has 1 N–H and O–H groups in total. The van der Waals surface area contributed by atoms with Crippen LogP contribution in [0.15, 0.2) is 60.4 Å². The SMILES string of the molecule is COc1ccc(/C=C/C(=O)/C=C(O)/C=C/c2ccc(OC)c(OC(C)=O)c2)cc1OC(C)=O. The van der Waals surface area contributed by atoms with Gasteiger partial charge in [-0.05, 0) is 47.5 Å². The molecule has 33 heavy (non-hydrogen) atoms. The van der Waals surface area contributed by atoms with Gasteiger partial charge in [0.1, 0.15) is 5.76 Å². The number of ketones is 1. The molecule has 0 aromatic heterocycles. The summed E-state index contributed by atoms with van der Waals surface area (Å²) in [6.45, 7) is 2.55. The molecule has 2 aromatic carbocycles. The number of hydrogen-bond donors (Lipinski definition) is 1. The summed E-state index contributed by atoms with van der Waals surface area (Å²) in [6, 6.07) is 9.72. The third kappa shape index (κ3) is 8.02. The smallest absolute Gasteiger partial charge is 0.308 e. The lowest BCUT2D eigenvalue weighted by molar-refractivity contribution is -0.132. The van der Waals surface area contributed by atoms with Crippen LogP contribution in [0.3, 0.4) is 0 Å². The first-order chi connectivity index (χ1) is 15.7. The van der Waals surface area contributed by atoms with Crippen molar-refractivity contribution in [2.75, 3.05) is 14.2 Å². The minimum atomic E-state index is -0.498. The predicted molar refractivity (Wildman–Crippen MR) is 122 cm³/mol. The molecule has 0 heterocycles. The Balaban J connectivity index is 2.11. The maximum Gasteiger partial charge on any atom is 0.308 e. The number of rotatable bonds is 9. The first-order valence-corrected chi connectivity index (χ1v) is 9.75. The van der Waals surface area contributed by atoms with Crippen LogP contribution in [0.25, 0.3) is 12.2 Å². The summed E-state index contributed by atoms with van der Waals surface area (Å²) in [7, 11) is 2.90. The molecule has 0 aliphatic rings. The lowest BCUT2D eigenvalue weighted by atomic mass is 10.1. The molecule has 0 saturated heterocycles. The highest BCUT2D eigenvalue weighted by molar-refractivity contribution is 6.02. The van der Waals surface area contributed by atoms with E-state index < -0.39 is 17.7 Å². The van der Waals surface area contributed by atoms with Crippen LogP contribution in [0.4, 0.5) is 0 Å². The van der Waals surface area contributed by atoms with Crippen LogP contribution in [0.2, 0.25) is 0 Å². The van der Waals surface area contributed by atoms with E-state index in [0.29, 0.717) is 22.6 Å². The number of aliphatic hydroxyl groups is 1. The summed E-state index contributed by atoms with van der Waals surface area (Å²) in [4.78, 5) is 34.6. The molecule has 0 bridgehead atoms. The fraction of sp³-hybridized carbons (Fsp3) is 0.160. The summed E-state index contributed by atoms with van der Waals surface area (Å²) in [5.74, 6) is -0.490. The van der Waals surface area contributed by atoms with Crippen molar-refractivity contribution < 1.29 is 38.4 Å². The topological polar surface area (TPSA) is 108 Å². The van der Waals surface area contributed by atoms with E-state index in [1.165, 1.54) is 46.3 Å². The number of hydrogen-bond acceptors (Lipinski definition) is 8. The van der Waals surface area contributed by atoms with E-state index >= 15 is 0 Å². The molecule has 0 spiro atoms. The first-order valence-electron chi connectivity index (χ1n) is 9.75. The maximum atomic E-state index is 12.1. The molecule has 2 rings (SSSR count). The van der Waals surface area contributed by atoms with Gasteiger partial charge >= 0.3 is 11.9 Å². The molecular formula is C25H24O8. The first kappa shape index (κ1) is 24.9. The molecule has 0 amide bonds. The van der Waals surface area contributed by atoms with Gasteiger partial charge in [0.2, 0.25) is 0 Å². The van der Waals surface area contributed by atoms with E-state index in [4.69, 9.17) is 18.9 Å². The standard InChI is InChI=1S/C25H24O8/c1-16(26)32-24-13-18(7-11-22(24)30-3)5-9-20(28)15-21(29)10-6-19-8-12-23(31-4)25(14-19)33-17(2)27/h5-15,28H,1-4H3/b9-5+,10-6+,20-15-. The molecule has 0 unspecified atom stereocenters. The van der Waals surface area contributed by atoms with Crippen molar-refractivity contribution in [2.24, 2.45) is 0 Å². The molecule has 172 valence electrons. The maximum absolute atomic E-state index is 12.1. The Kier molecular flexibility index (Phi) is 8.99. The van der Waals surface area contributed by atoms with Gasteiger partial charge in [-0.1, -0.05) is 24.3 Å². The molecule has 0 saturated carbocycles. The number of allylic oxidation sites excluding steroid dienone is 3. The summed E-state index contributed by atoms with van der Waals surface area (Å²) in [5.41, 5.74) is 1.21. The van der Waals surface area contributed by atoms with Crippen molar-refractivity contribution in [3.8, 4) is 23.0 Å². The zero-order valence-corrected chi connectivity index (χ0v) is 18.7. The fourth-order valence-corrected chi connectivity index (χ4v) is 2.67. The van der Waals surface area contributed by atoms with E-state index in [1.54, 1.807) is 42.5 Å². The summed E-state index contributed by atoms with van der Waals surface area (Å²) >= 11 is 0. The number of benzene rings is 2. The molecule has 0 atom stereocenters. The average Bonchev–Trinajstić information content (AvgIpc) is 2.75. The molecule has 0 aliphatic carbocycles. The highest BCUT2D eigenvalue weighted by atomic mass is 16.6. The van der Waals surface area contributed by atoms with Crippen LogP contribution in [-0.4, -0.2) is 37.0 Å². The predicted octanol–water partition coefficient (Wildman–Crippen LogP) is 4.29. The molecule has 0 aliphatic heterocycles. The Hall–Kier alpha value is -4.33. The van der Waals surface area contributed by atoms with Crippen LogP contribution < -0.4 is 18.9 Å². The second-order valence-electron chi connectivity index (χ2n) is 6.65. The van der Waals surface area contributed by atoms with Crippen molar-refractivity contribution in [3.63, 3.8) is 0 Å². The fourth-order valence-electron chi connectivity index (χ4n) is 2.67. The van der Waals surface area contributed by atoms with Gasteiger partial charge in [-0.3, -0.25) is 14.4 Å². The summed E-state index contributed by atoms with van der Waals surface area (Å²) in [6.07, 6.45) is 6.69. The lowest BCUT2D eigenvalue weighted by Gasteiger charge is -2.08. The average molecular weight is 452 g/mol. The van der Waals surface area contributed by atoms with E-state index in [1.807, 2.05) is 0 Å². The van der Waals surface area contributed by atoms with E-state index in [0.717, 1.165) is 6.08 Å². The zero-order valence-electron chi connectivity index (χ0n) is 18.7. The van der Waals surface area contributed by atoms with Gasteiger partial charge in [0.15, 0.2) is 28.8 Å². The number of esters is 2. The van der Waals surface area contributed by atoms with Gasteiger partial charge < -0.3 is 24.1 Å². The zero-order chi connectivity index (χ0) is 24.4. The second kappa shape index (κ2) is 11.9. The van der Waals surface area contributed by atoms with E-state index in [-0.39, 0.29) is 17.3 Å². The van der Waals surface area contributed by atoms with Crippen LogP contribution in [0.5, 0.6) is 23.0 Å². The molecule has 8 nitrogen and oxygen atoms in total. The summed E-state index contributed by atoms with van der Waals surface area (Å²) < 4.78 is 20.4. The normalized spacial score (nSPS) is 11.5. The molecular weight excluding hydrogens is 428 g/mol. The Labute approximate surface area is 191 Å². The van der Waals surface area contributed by atoms with Gasteiger partial charge in [0, 0.05) is 19.9 Å². The van der Waals surface area contributed by atoms with Crippen molar-refractivity contribution in [1.29, 1.82) is 0 Å². The third-order valence-corrected chi connectivity index (χ3v) is 4.06. The Morgan fingerprint density at radius 3 is 1.61 bits per heavy atom. The van der Waals surface area contributed by atoms with E-state index in [2.05, 4.69) is 0 Å². The molecule has 0 fully saturated rings. The molecule has 0 radical (unpaired) electrons. The number of carbonyl (C=O) groups is 3. The molecule has 8 heteroatoms. The Morgan fingerprint density at radius 2 is 1.18 bits per heavy atom. The lowest BCUT2D eigenvalue weighted by Crippen LogP contribution is -2.03. The minimum Gasteiger partial charge on any atom is -0.508 e. The monoisotopic (exact) mass is 452 g/mol. The van der Waals surface area contributed by atoms with Crippen molar-refractivity contribution in [3.05, 3.63) is 71.5 Å². The van der Waals surface area contributed by atoms with Crippen molar-refractivity contribution in [1.82, 2.24) is 0 Å². The van der Waals surface area contributed by atoms with Gasteiger partial charge in [-0.2, -0.15) is 0 Å². The number of aliphatic hydroxyl groups excluding tert-OH is 1. The Morgan fingerprint density at radius 1 is 0.727 bits per heavy atom. The highest BCUT2D eigenvalue weighted by Gasteiger charge is 2.08. The number of carbonyl (C=O) groups excluding carboxylic acids is 3. The molecule has 2 aromatic rings.